The zero-order chi connectivity index (χ0) is 15.3. The van der Waals surface area contributed by atoms with Gasteiger partial charge in [-0.25, -0.2) is 0 Å². The summed E-state index contributed by atoms with van der Waals surface area (Å²) in [5.74, 6) is -1.34. The van der Waals surface area contributed by atoms with Gasteiger partial charge in [-0.3, -0.25) is 4.79 Å². The van der Waals surface area contributed by atoms with Gasteiger partial charge in [0.2, 0.25) is 6.10 Å². The second kappa shape index (κ2) is 6.36. The van der Waals surface area contributed by atoms with E-state index >= 15 is 0 Å². The predicted molar refractivity (Wildman–Crippen MR) is 62.3 cm³/mol. The van der Waals surface area contributed by atoms with Crippen LogP contribution in [0, 0.1) is 0 Å². The number of hydrogen-bond donors (Lipinski definition) is 1. The Bertz CT molecular complexity index is 450. The van der Waals surface area contributed by atoms with Gasteiger partial charge >= 0.3 is 12.1 Å². The van der Waals surface area contributed by atoms with Crippen LogP contribution in [0.25, 0.3) is 0 Å². The monoisotopic (exact) mass is 294 g/mol. The smallest absolute Gasteiger partial charge is 0.425 e. The highest BCUT2D eigenvalue weighted by molar-refractivity contribution is 5.67. The lowest BCUT2D eigenvalue weighted by molar-refractivity contribution is -0.200. The maximum absolute atomic E-state index is 12.7. The van der Waals surface area contributed by atoms with Crippen LogP contribution in [0.1, 0.15) is 6.42 Å². The van der Waals surface area contributed by atoms with Crippen LogP contribution in [0.3, 0.4) is 0 Å². The van der Waals surface area contributed by atoms with E-state index in [4.69, 9.17) is 19.3 Å². The van der Waals surface area contributed by atoms with Crippen molar-refractivity contribution in [2.45, 2.75) is 18.7 Å². The first kappa shape index (κ1) is 15.9. The minimum absolute atomic E-state index is 0.190. The standard InChI is InChI=1S/C12H13F3O5/c1-18-7-3-8(19-2)5-9(4-7)20-10(6-11(16)17)12(13,14)15/h3-5,10H,6H2,1-2H3,(H,16,17). The van der Waals surface area contributed by atoms with Gasteiger partial charge in [0.1, 0.15) is 17.2 Å². The number of carboxylic acid groups (broad SMARTS) is 1. The molecule has 0 bridgehead atoms. The van der Waals surface area contributed by atoms with E-state index in [0.717, 1.165) is 0 Å². The number of aliphatic carboxylic acids is 1. The Balaban J connectivity index is 3.01. The number of halogens is 3. The van der Waals surface area contributed by atoms with Gasteiger partial charge in [-0.1, -0.05) is 0 Å². The van der Waals surface area contributed by atoms with Crippen LogP contribution >= 0.6 is 0 Å². The van der Waals surface area contributed by atoms with Gasteiger partial charge in [-0.15, -0.1) is 0 Å². The highest BCUT2D eigenvalue weighted by Crippen LogP contribution is 2.32. The van der Waals surface area contributed by atoms with Gasteiger partial charge in [0, 0.05) is 18.2 Å². The number of carboxylic acids is 1. The predicted octanol–water partition coefficient (Wildman–Crippen LogP) is 2.49. The van der Waals surface area contributed by atoms with Crippen LogP contribution in [0.2, 0.25) is 0 Å². The number of rotatable bonds is 6. The molecule has 1 aromatic carbocycles. The van der Waals surface area contributed by atoms with Crippen molar-refractivity contribution in [2.24, 2.45) is 0 Å². The number of hydrogen-bond acceptors (Lipinski definition) is 4. The van der Waals surface area contributed by atoms with E-state index in [2.05, 4.69) is 0 Å². The Hall–Kier alpha value is -2.12. The molecular weight excluding hydrogens is 281 g/mol. The highest BCUT2D eigenvalue weighted by Gasteiger charge is 2.43. The van der Waals surface area contributed by atoms with Gasteiger partial charge in [0.25, 0.3) is 0 Å². The molecule has 20 heavy (non-hydrogen) atoms. The molecule has 8 heteroatoms. The van der Waals surface area contributed by atoms with Crippen LogP contribution in [0.15, 0.2) is 18.2 Å². The lowest BCUT2D eigenvalue weighted by Gasteiger charge is -2.20. The van der Waals surface area contributed by atoms with Crippen molar-refractivity contribution in [3.05, 3.63) is 18.2 Å². The first-order valence-corrected chi connectivity index (χ1v) is 5.44. The van der Waals surface area contributed by atoms with Crippen LogP contribution in [-0.2, 0) is 4.79 Å². The number of alkyl halides is 3. The molecule has 0 heterocycles. The normalized spacial score (nSPS) is 12.7. The third-order valence-corrected chi connectivity index (χ3v) is 2.33. The van der Waals surface area contributed by atoms with E-state index in [9.17, 15) is 18.0 Å². The van der Waals surface area contributed by atoms with Crippen molar-refractivity contribution in [1.29, 1.82) is 0 Å². The van der Waals surface area contributed by atoms with Gasteiger partial charge in [-0.05, 0) is 0 Å². The van der Waals surface area contributed by atoms with Crippen molar-refractivity contribution in [3.63, 3.8) is 0 Å². The van der Waals surface area contributed by atoms with Gasteiger partial charge in [-0.2, -0.15) is 13.2 Å². The molecule has 5 nitrogen and oxygen atoms in total. The minimum atomic E-state index is -4.80. The van der Waals surface area contributed by atoms with E-state index in [0.29, 0.717) is 0 Å². The van der Waals surface area contributed by atoms with Crippen LogP contribution in [-0.4, -0.2) is 37.6 Å². The summed E-state index contributed by atoms with van der Waals surface area (Å²) in [4.78, 5) is 10.5. The summed E-state index contributed by atoms with van der Waals surface area (Å²) in [5, 5.41) is 8.50. The number of methoxy groups -OCH3 is 2. The molecule has 0 spiro atoms. The summed E-state index contributed by atoms with van der Waals surface area (Å²) in [5.41, 5.74) is 0. The average molecular weight is 294 g/mol. The quantitative estimate of drug-likeness (QED) is 0.873. The Labute approximate surface area is 112 Å². The Morgan fingerprint density at radius 2 is 1.60 bits per heavy atom. The molecule has 0 amide bonds. The molecule has 0 aliphatic heterocycles. The maximum atomic E-state index is 12.7. The summed E-state index contributed by atoms with van der Waals surface area (Å²) in [6.07, 6.45) is -8.44. The lowest BCUT2D eigenvalue weighted by Crippen LogP contribution is -2.36. The van der Waals surface area contributed by atoms with E-state index < -0.39 is 24.7 Å². The zero-order valence-corrected chi connectivity index (χ0v) is 10.7. The topological polar surface area (TPSA) is 65.0 Å². The SMILES string of the molecule is COc1cc(OC)cc(OC(CC(=O)O)C(F)(F)F)c1. The van der Waals surface area contributed by atoms with Crippen molar-refractivity contribution in [3.8, 4) is 17.2 Å². The van der Waals surface area contributed by atoms with Crippen molar-refractivity contribution in [1.82, 2.24) is 0 Å². The minimum Gasteiger partial charge on any atom is -0.496 e. The summed E-state index contributed by atoms with van der Waals surface area (Å²) in [7, 11) is 2.66. The molecule has 1 unspecified atom stereocenters. The van der Waals surface area contributed by atoms with Gasteiger partial charge in [0.05, 0.1) is 20.6 Å². The zero-order valence-electron chi connectivity index (χ0n) is 10.7. The van der Waals surface area contributed by atoms with E-state index in [-0.39, 0.29) is 17.2 Å². The number of carbonyl (C=O) groups is 1. The third kappa shape index (κ3) is 4.52. The molecule has 112 valence electrons. The highest BCUT2D eigenvalue weighted by atomic mass is 19.4. The molecule has 0 fully saturated rings. The second-order valence-corrected chi connectivity index (χ2v) is 3.79. The molecule has 0 radical (unpaired) electrons. The second-order valence-electron chi connectivity index (χ2n) is 3.79. The Morgan fingerprint density at radius 3 is 1.95 bits per heavy atom. The molecule has 1 N–H and O–H groups in total. The summed E-state index contributed by atoms with van der Waals surface area (Å²) in [6, 6.07) is 3.87. The number of benzene rings is 1. The molecule has 0 saturated heterocycles. The lowest BCUT2D eigenvalue weighted by atomic mass is 10.2. The van der Waals surface area contributed by atoms with E-state index in [1.54, 1.807) is 0 Å². The fourth-order valence-electron chi connectivity index (χ4n) is 1.40. The van der Waals surface area contributed by atoms with Crippen molar-refractivity contribution < 1.29 is 37.3 Å². The molecule has 0 aliphatic rings. The molecule has 0 aromatic heterocycles. The molecule has 0 aliphatic carbocycles. The van der Waals surface area contributed by atoms with Gasteiger partial charge < -0.3 is 19.3 Å². The maximum Gasteiger partial charge on any atom is 0.425 e. The average Bonchev–Trinajstić information content (AvgIpc) is 2.35. The number of ether oxygens (including phenoxy) is 3. The summed E-state index contributed by atoms with van der Waals surface area (Å²) < 4.78 is 52.5. The Morgan fingerprint density at radius 1 is 1.15 bits per heavy atom. The largest absolute Gasteiger partial charge is 0.496 e. The van der Waals surface area contributed by atoms with E-state index in [1.165, 1.54) is 32.4 Å². The van der Waals surface area contributed by atoms with Crippen LogP contribution in [0.5, 0.6) is 17.2 Å². The fraction of sp³-hybridized carbons (Fsp3) is 0.417. The molecule has 1 rings (SSSR count). The third-order valence-electron chi connectivity index (χ3n) is 2.33. The van der Waals surface area contributed by atoms with E-state index in [1.807, 2.05) is 0 Å². The molecule has 1 aromatic rings. The van der Waals surface area contributed by atoms with Gasteiger partial charge in [0.15, 0.2) is 0 Å². The molecular formula is C12H13F3O5. The summed E-state index contributed by atoms with van der Waals surface area (Å²) >= 11 is 0. The van der Waals surface area contributed by atoms with Crippen molar-refractivity contribution in [2.75, 3.05) is 14.2 Å². The Kier molecular flexibility index (Phi) is 5.06. The molecule has 1 atom stereocenters. The van der Waals surface area contributed by atoms with Crippen LogP contribution in [0.4, 0.5) is 13.2 Å². The van der Waals surface area contributed by atoms with Crippen molar-refractivity contribution >= 4 is 5.97 Å². The summed E-state index contributed by atoms with van der Waals surface area (Å²) in [6.45, 7) is 0. The molecule has 0 saturated carbocycles. The van der Waals surface area contributed by atoms with Crippen LogP contribution < -0.4 is 14.2 Å². The fourth-order valence-corrected chi connectivity index (χ4v) is 1.40. The first-order chi connectivity index (χ1) is 9.26. The first-order valence-electron chi connectivity index (χ1n) is 5.44.